The molecule has 2 aromatic heterocycles. The van der Waals surface area contributed by atoms with E-state index < -0.39 is 0 Å². The third-order valence-electron chi connectivity index (χ3n) is 10.9. The van der Waals surface area contributed by atoms with Gasteiger partial charge in [0.05, 0.1) is 5.39 Å². The lowest BCUT2D eigenvalue weighted by Crippen LogP contribution is -2.10. The van der Waals surface area contributed by atoms with E-state index in [0.29, 0.717) is 5.89 Å². The van der Waals surface area contributed by atoms with E-state index in [0.717, 1.165) is 66.8 Å². The summed E-state index contributed by atoms with van der Waals surface area (Å²) in [7, 11) is 0. The van der Waals surface area contributed by atoms with Gasteiger partial charge in [-0.3, -0.25) is 0 Å². The van der Waals surface area contributed by atoms with Crippen LogP contribution in [-0.2, 0) is 0 Å². The first-order valence-corrected chi connectivity index (χ1v) is 19.2. The van der Waals surface area contributed by atoms with Crippen molar-refractivity contribution in [3.8, 4) is 44.8 Å². The van der Waals surface area contributed by atoms with Crippen LogP contribution in [0.2, 0.25) is 0 Å². The lowest BCUT2D eigenvalue weighted by atomic mass is 9.98. The molecular formula is C53H34N2O2. The molecule has 268 valence electrons. The number of hydrogen-bond donors (Lipinski definition) is 0. The lowest BCUT2D eigenvalue weighted by Gasteiger charge is -2.26. The highest BCUT2D eigenvalue weighted by atomic mass is 16.4. The van der Waals surface area contributed by atoms with Crippen LogP contribution >= 0.6 is 0 Å². The summed E-state index contributed by atoms with van der Waals surface area (Å²) in [5.74, 6) is 0.603. The zero-order valence-corrected chi connectivity index (χ0v) is 30.8. The molecule has 11 aromatic rings. The van der Waals surface area contributed by atoms with Gasteiger partial charge in [-0.05, 0) is 117 Å². The van der Waals surface area contributed by atoms with Gasteiger partial charge in [0.15, 0.2) is 5.58 Å². The summed E-state index contributed by atoms with van der Waals surface area (Å²) in [5, 5.41) is 4.47. The quantitative estimate of drug-likeness (QED) is 0.164. The Morgan fingerprint density at radius 3 is 1.74 bits per heavy atom. The minimum absolute atomic E-state index is 0.603. The van der Waals surface area contributed by atoms with E-state index >= 15 is 0 Å². The maximum absolute atomic E-state index is 6.44. The molecule has 0 aliphatic carbocycles. The molecule has 0 amide bonds. The van der Waals surface area contributed by atoms with Crippen LogP contribution in [0.1, 0.15) is 0 Å². The highest BCUT2D eigenvalue weighted by molar-refractivity contribution is 6.17. The number of fused-ring (bicyclic) bond motifs is 6. The van der Waals surface area contributed by atoms with E-state index in [9.17, 15) is 0 Å². The van der Waals surface area contributed by atoms with Gasteiger partial charge in [-0.25, -0.2) is 4.98 Å². The minimum atomic E-state index is 0.603. The monoisotopic (exact) mass is 730 g/mol. The Bertz CT molecular complexity index is 3210. The van der Waals surface area contributed by atoms with Crippen molar-refractivity contribution in [2.24, 2.45) is 0 Å². The van der Waals surface area contributed by atoms with Gasteiger partial charge in [0, 0.05) is 28.0 Å². The van der Waals surface area contributed by atoms with Crippen LogP contribution in [0, 0.1) is 0 Å². The average Bonchev–Trinajstić information content (AvgIpc) is 3.89. The molecule has 0 aliphatic rings. The molecule has 4 heteroatoms. The van der Waals surface area contributed by atoms with Crippen LogP contribution in [-0.4, -0.2) is 4.98 Å². The molecule has 2 heterocycles. The third-order valence-corrected chi connectivity index (χ3v) is 10.9. The van der Waals surface area contributed by atoms with Gasteiger partial charge in [0.25, 0.3) is 0 Å². The Kier molecular flexibility index (Phi) is 7.78. The van der Waals surface area contributed by atoms with Gasteiger partial charge in [-0.15, -0.1) is 0 Å². The van der Waals surface area contributed by atoms with Gasteiger partial charge < -0.3 is 13.7 Å². The van der Waals surface area contributed by atoms with Gasteiger partial charge in [0.1, 0.15) is 16.7 Å². The summed E-state index contributed by atoms with van der Waals surface area (Å²) >= 11 is 0. The van der Waals surface area contributed by atoms with Crippen molar-refractivity contribution in [1.82, 2.24) is 4.98 Å². The molecule has 0 saturated heterocycles. The summed E-state index contributed by atoms with van der Waals surface area (Å²) in [6, 6.07) is 72.5. The van der Waals surface area contributed by atoms with Crippen molar-refractivity contribution in [2.75, 3.05) is 4.90 Å². The average molecular weight is 731 g/mol. The van der Waals surface area contributed by atoms with Crippen LogP contribution in [0.5, 0.6) is 0 Å². The summed E-state index contributed by atoms with van der Waals surface area (Å²) in [6.45, 7) is 0. The SMILES string of the molecule is c1ccc(-c2cccc(N(c3ccc(-c4ccc5c(c4)oc4ccc6oc(-c7ccccc7)nc6c45)cc3)c3ccc(-c4cccc5ccccc45)cc3)c2)cc1. The summed E-state index contributed by atoms with van der Waals surface area (Å²) in [5.41, 5.74) is 14.3. The summed E-state index contributed by atoms with van der Waals surface area (Å²) in [4.78, 5) is 7.25. The smallest absolute Gasteiger partial charge is 0.227 e. The topological polar surface area (TPSA) is 42.4 Å². The molecule has 0 bridgehead atoms. The predicted molar refractivity (Wildman–Crippen MR) is 235 cm³/mol. The van der Waals surface area contributed by atoms with Crippen molar-refractivity contribution in [3.05, 3.63) is 206 Å². The number of anilines is 3. The van der Waals surface area contributed by atoms with Gasteiger partial charge in [0.2, 0.25) is 5.89 Å². The van der Waals surface area contributed by atoms with Crippen molar-refractivity contribution in [1.29, 1.82) is 0 Å². The zero-order valence-electron chi connectivity index (χ0n) is 30.8. The van der Waals surface area contributed by atoms with Crippen LogP contribution < -0.4 is 4.90 Å². The van der Waals surface area contributed by atoms with E-state index in [4.69, 9.17) is 13.8 Å². The van der Waals surface area contributed by atoms with E-state index in [-0.39, 0.29) is 0 Å². The fourth-order valence-electron chi connectivity index (χ4n) is 8.11. The van der Waals surface area contributed by atoms with Crippen molar-refractivity contribution in [3.63, 3.8) is 0 Å². The second-order valence-electron chi connectivity index (χ2n) is 14.4. The molecule has 4 nitrogen and oxygen atoms in total. The zero-order chi connectivity index (χ0) is 37.7. The van der Waals surface area contributed by atoms with E-state index in [2.05, 4.69) is 169 Å². The Balaban J connectivity index is 0.968. The van der Waals surface area contributed by atoms with Gasteiger partial charge in [-0.1, -0.05) is 133 Å². The molecule has 0 saturated carbocycles. The Hall–Kier alpha value is -7.69. The fourth-order valence-corrected chi connectivity index (χ4v) is 8.11. The largest absolute Gasteiger partial charge is 0.456 e. The van der Waals surface area contributed by atoms with Crippen molar-refractivity contribution >= 4 is 60.9 Å². The molecule has 0 unspecified atom stereocenters. The number of nitrogens with zero attached hydrogens (tertiary/aromatic N) is 2. The number of oxazole rings is 1. The highest BCUT2D eigenvalue weighted by Crippen LogP contribution is 2.41. The Morgan fingerprint density at radius 2 is 0.947 bits per heavy atom. The number of furan rings is 1. The lowest BCUT2D eigenvalue weighted by molar-refractivity contribution is 0.619. The van der Waals surface area contributed by atoms with Crippen molar-refractivity contribution in [2.45, 2.75) is 0 Å². The molecular weight excluding hydrogens is 697 g/mol. The fraction of sp³-hybridized carbons (Fsp3) is 0. The first-order chi connectivity index (χ1) is 28.2. The number of benzene rings is 9. The van der Waals surface area contributed by atoms with Gasteiger partial charge in [-0.2, -0.15) is 0 Å². The van der Waals surface area contributed by atoms with E-state index in [1.54, 1.807) is 0 Å². The second-order valence-corrected chi connectivity index (χ2v) is 14.4. The highest BCUT2D eigenvalue weighted by Gasteiger charge is 2.18. The molecule has 0 N–H and O–H groups in total. The molecule has 11 rings (SSSR count). The Morgan fingerprint density at radius 1 is 0.351 bits per heavy atom. The minimum Gasteiger partial charge on any atom is -0.456 e. The van der Waals surface area contributed by atoms with Crippen LogP contribution in [0.3, 0.4) is 0 Å². The molecule has 0 spiro atoms. The van der Waals surface area contributed by atoms with Crippen LogP contribution in [0.4, 0.5) is 17.1 Å². The Labute approximate surface area is 329 Å². The maximum atomic E-state index is 6.44. The first-order valence-electron chi connectivity index (χ1n) is 19.2. The van der Waals surface area contributed by atoms with Crippen LogP contribution in [0.15, 0.2) is 215 Å². The number of rotatable bonds is 7. The van der Waals surface area contributed by atoms with Crippen LogP contribution in [0.25, 0.3) is 88.6 Å². The molecule has 9 aromatic carbocycles. The molecule has 0 atom stereocenters. The predicted octanol–water partition coefficient (Wildman–Crippen LogP) is 15.0. The maximum Gasteiger partial charge on any atom is 0.227 e. The number of hydrogen-bond acceptors (Lipinski definition) is 4. The van der Waals surface area contributed by atoms with Gasteiger partial charge >= 0.3 is 0 Å². The second kappa shape index (κ2) is 13.6. The molecule has 57 heavy (non-hydrogen) atoms. The van der Waals surface area contributed by atoms with E-state index in [1.165, 1.54) is 33.0 Å². The normalized spacial score (nSPS) is 11.5. The van der Waals surface area contributed by atoms with E-state index in [1.807, 2.05) is 42.5 Å². The molecule has 0 fully saturated rings. The molecule has 0 radical (unpaired) electrons. The molecule has 0 aliphatic heterocycles. The van der Waals surface area contributed by atoms with Crippen molar-refractivity contribution < 1.29 is 8.83 Å². The summed E-state index contributed by atoms with van der Waals surface area (Å²) < 4.78 is 12.6. The number of aromatic nitrogens is 1. The summed E-state index contributed by atoms with van der Waals surface area (Å²) in [6.07, 6.45) is 0. The first kappa shape index (κ1) is 32.7. The standard InChI is InChI=1S/C53H34N2O2/c1-3-11-35(12-4-1)40-17-9-18-44(33-40)55(43-28-23-38(24-29-43)46-20-10-16-37-13-7-8-19-45(37)46)42-26-21-36(22-27-42)41-25-30-47-50(34-41)56-48-31-32-49-52(51(47)48)54-53(57-49)39-14-5-2-6-15-39/h1-34H. The third kappa shape index (κ3) is 5.83.